The van der Waals surface area contributed by atoms with Gasteiger partial charge in [0, 0.05) is 0 Å². The highest BCUT2D eigenvalue weighted by molar-refractivity contribution is 5.77. The zero-order valence-corrected chi connectivity index (χ0v) is 52.6. The molecule has 4 aliphatic carbocycles. The van der Waals surface area contributed by atoms with Crippen molar-refractivity contribution in [3.05, 3.63) is 97.1 Å². The fourth-order valence-electron chi connectivity index (χ4n) is 12.2. The molecule has 4 fully saturated rings. The molecule has 0 saturated heterocycles. The molecule has 12 heteroatoms. The molecule has 4 aromatic rings. The van der Waals surface area contributed by atoms with Crippen LogP contribution in [-0.4, -0.2) is 51.3 Å². The highest BCUT2D eigenvalue weighted by Crippen LogP contribution is 2.37. The maximum absolute atomic E-state index is 12.2. The first-order valence-corrected chi connectivity index (χ1v) is 32.5. The van der Waals surface area contributed by atoms with Crippen LogP contribution in [0.3, 0.4) is 0 Å². The van der Waals surface area contributed by atoms with Crippen LogP contribution in [0, 0.1) is 47.3 Å². The molecule has 0 N–H and O–H groups in total. The number of rotatable bonds is 24. The molecule has 0 spiro atoms. The molecule has 12 nitrogen and oxygen atoms in total. The van der Waals surface area contributed by atoms with Crippen LogP contribution < -0.4 is 37.9 Å². The van der Waals surface area contributed by atoms with Gasteiger partial charge in [-0.05, 0) is 237 Å². The second kappa shape index (κ2) is 39.6. The lowest BCUT2D eigenvalue weighted by Gasteiger charge is -2.27. The van der Waals surface area contributed by atoms with Gasteiger partial charge >= 0.3 is 23.9 Å². The average molecular weight is 1160 g/mol. The SMILES string of the molecule is CCCC1CCC(C(=O)Oc2ccc(OC)cc2)CC1.CCCC1CCC(C(=O)Oc2ccc(OCC)cc2)CC1.CCCCC1CCC(C(=O)Oc2ccc(OC)cc2)CC1.CCCCC1CCC(C(=O)Oc2ccc(OCC)cc2)CC1. The van der Waals surface area contributed by atoms with E-state index in [2.05, 4.69) is 27.7 Å². The summed E-state index contributed by atoms with van der Waals surface area (Å²) in [5.41, 5.74) is 0. The Kier molecular flexibility index (Phi) is 32.4. The largest absolute Gasteiger partial charge is 0.497 e. The minimum atomic E-state index is -0.0786. The maximum atomic E-state index is 12.2. The van der Waals surface area contributed by atoms with E-state index in [0.717, 1.165) is 124 Å². The summed E-state index contributed by atoms with van der Waals surface area (Å²) in [7, 11) is 3.24. The van der Waals surface area contributed by atoms with Gasteiger partial charge in [-0.1, -0.05) is 91.9 Å². The Morgan fingerprint density at radius 1 is 0.298 bits per heavy atom. The lowest BCUT2D eigenvalue weighted by Crippen LogP contribution is -2.25. The van der Waals surface area contributed by atoms with E-state index in [9.17, 15) is 19.2 Å². The lowest BCUT2D eigenvalue weighted by atomic mass is 9.80. The number of hydrogen-bond acceptors (Lipinski definition) is 12. The van der Waals surface area contributed by atoms with Gasteiger partial charge in [0.15, 0.2) is 0 Å². The smallest absolute Gasteiger partial charge is 0.314 e. The van der Waals surface area contributed by atoms with Crippen molar-refractivity contribution >= 4 is 23.9 Å². The van der Waals surface area contributed by atoms with Crippen molar-refractivity contribution in [3.63, 3.8) is 0 Å². The minimum absolute atomic E-state index is 0.0712. The van der Waals surface area contributed by atoms with E-state index in [1.165, 1.54) is 89.9 Å². The number of unbranched alkanes of at least 4 members (excludes halogenated alkanes) is 2. The third-order valence-corrected chi connectivity index (χ3v) is 17.3. The van der Waals surface area contributed by atoms with Gasteiger partial charge < -0.3 is 37.9 Å². The first-order chi connectivity index (χ1) is 40.9. The zero-order chi connectivity index (χ0) is 60.3. The van der Waals surface area contributed by atoms with Crippen molar-refractivity contribution in [2.45, 2.75) is 208 Å². The summed E-state index contributed by atoms with van der Waals surface area (Å²) in [6.45, 7) is 14.1. The summed E-state index contributed by atoms with van der Waals surface area (Å²) in [4.78, 5) is 48.8. The van der Waals surface area contributed by atoms with E-state index >= 15 is 0 Å². The van der Waals surface area contributed by atoms with Crippen LogP contribution >= 0.6 is 0 Å². The molecule has 0 aliphatic heterocycles. The van der Waals surface area contributed by atoms with Crippen molar-refractivity contribution in [3.8, 4) is 46.0 Å². The van der Waals surface area contributed by atoms with E-state index in [4.69, 9.17) is 37.9 Å². The fraction of sp³-hybridized carbons (Fsp3) is 0.611. The predicted molar refractivity (Wildman–Crippen MR) is 334 cm³/mol. The van der Waals surface area contributed by atoms with Gasteiger partial charge in [-0.25, -0.2) is 0 Å². The van der Waals surface area contributed by atoms with Crippen LogP contribution in [-0.2, 0) is 19.2 Å². The van der Waals surface area contributed by atoms with E-state index < -0.39 is 0 Å². The predicted octanol–water partition coefficient (Wildman–Crippen LogP) is 18.4. The second-order valence-electron chi connectivity index (χ2n) is 23.6. The molecule has 0 bridgehead atoms. The summed E-state index contributed by atoms with van der Waals surface area (Å²) in [5, 5.41) is 0. The van der Waals surface area contributed by atoms with Gasteiger partial charge in [-0.15, -0.1) is 0 Å². The van der Waals surface area contributed by atoms with Crippen molar-refractivity contribution < 1.29 is 57.1 Å². The van der Waals surface area contributed by atoms with Gasteiger partial charge in [0.2, 0.25) is 0 Å². The van der Waals surface area contributed by atoms with Crippen LogP contribution in [0.4, 0.5) is 0 Å². The Labute approximate surface area is 505 Å². The molecule has 4 aliphatic rings. The number of ether oxygens (including phenoxy) is 8. The first-order valence-electron chi connectivity index (χ1n) is 32.5. The van der Waals surface area contributed by atoms with Gasteiger partial charge in [0.1, 0.15) is 46.0 Å². The van der Waals surface area contributed by atoms with Crippen molar-refractivity contribution in [2.24, 2.45) is 47.3 Å². The van der Waals surface area contributed by atoms with E-state index in [1.807, 2.05) is 50.2 Å². The summed E-state index contributed by atoms with van der Waals surface area (Å²) in [6, 6.07) is 28.9. The van der Waals surface area contributed by atoms with Gasteiger partial charge in [-0.3, -0.25) is 19.2 Å². The third kappa shape index (κ3) is 25.3. The summed E-state index contributed by atoms with van der Waals surface area (Å²) < 4.78 is 42.9. The number of esters is 4. The Morgan fingerprint density at radius 3 is 0.714 bits per heavy atom. The van der Waals surface area contributed by atoms with Crippen molar-refractivity contribution in [1.29, 1.82) is 0 Å². The van der Waals surface area contributed by atoms with E-state index in [1.54, 1.807) is 74.9 Å². The maximum Gasteiger partial charge on any atom is 0.314 e. The third-order valence-electron chi connectivity index (χ3n) is 17.3. The molecule has 4 aromatic carbocycles. The molecule has 0 radical (unpaired) electrons. The molecule has 0 atom stereocenters. The van der Waals surface area contributed by atoms with Crippen LogP contribution in [0.1, 0.15) is 208 Å². The Balaban J connectivity index is 0.000000205. The molecule has 8 rings (SSSR count). The molecular weight excluding hydrogens is 1060 g/mol. The van der Waals surface area contributed by atoms with Gasteiger partial charge in [0.05, 0.1) is 51.1 Å². The van der Waals surface area contributed by atoms with Crippen molar-refractivity contribution in [1.82, 2.24) is 0 Å². The highest BCUT2D eigenvalue weighted by atomic mass is 16.6. The highest BCUT2D eigenvalue weighted by Gasteiger charge is 2.31. The monoisotopic (exact) mass is 1160 g/mol. The summed E-state index contributed by atoms with van der Waals surface area (Å²) in [6.07, 6.45) is 30.0. The number of hydrogen-bond donors (Lipinski definition) is 0. The fourth-order valence-corrected chi connectivity index (χ4v) is 12.2. The Hall–Kier alpha value is -6.04. The van der Waals surface area contributed by atoms with Crippen molar-refractivity contribution in [2.75, 3.05) is 27.4 Å². The topological polar surface area (TPSA) is 142 Å². The number of methoxy groups -OCH3 is 2. The van der Waals surface area contributed by atoms with Gasteiger partial charge in [-0.2, -0.15) is 0 Å². The standard InChI is InChI=1S/C19H28O3.2C18H26O3.C17H24O3/c1-3-5-6-15-7-9-16(10-8-15)19(20)22-18-13-11-17(12-14-18)21-4-2;1-3-4-5-14-6-8-15(9-7-14)18(19)21-17-12-10-16(20-2)11-13-17;1-3-5-14-6-8-15(9-7-14)18(19)21-17-12-10-16(11-13-17)20-4-2;1-3-4-13-5-7-14(8-6-13)17(18)20-16-11-9-15(19-2)10-12-16/h11-16H,3-10H2,1-2H3;2*10-15H,3-9H2,1-2H3;9-14H,3-8H2,1-2H3. The Morgan fingerprint density at radius 2 is 0.512 bits per heavy atom. The molecule has 84 heavy (non-hydrogen) atoms. The number of carbonyl (C=O) groups is 4. The molecule has 0 unspecified atom stereocenters. The molecule has 0 aromatic heterocycles. The number of benzene rings is 4. The van der Waals surface area contributed by atoms with E-state index in [0.29, 0.717) is 36.2 Å². The van der Waals surface area contributed by atoms with Crippen LogP contribution in [0.5, 0.6) is 46.0 Å². The molecule has 0 amide bonds. The quantitative estimate of drug-likeness (QED) is 0.0487. The van der Waals surface area contributed by atoms with Gasteiger partial charge in [0.25, 0.3) is 0 Å². The van der Waals surface area contributed by atoms with Crippen LogP contribution in [0.25, 0.3) is 0 Å². The minimum Gasteiger partial charge on any atom is -0.497 e. The molecule has 464 valence electrons. The van der Waals surface area contributed by atoms with E-state index in [-0.39, 0.29) is 47.5 Å². The molecular formula is C72H104O12. The number of carbonyl (C=O) groups excluding carboxylic acids is 4. The lowest BCUT2D eigenvalue weighted by molar-refractivity contribution is -0.141. The molecule has 0 heterocycles. The van der Waals surface area contributed by atoms with Crippen LogP contribution in [0.2, 0.25) is 0 Å². The second-order valence-corrected chi connectivity index (χ2v) is 23.6. The first kappa shape index (κ1) is 68.7. The molecule has 4 saturated carbocycles. The zero-order valence-electron chi connectivity index (χ0n) is 52.6. The Bertz CT molecular complexity index is 2410. The summed E-state index contributed by atoms with van der Waals surface area (Å²) >= 11 is 0. The van der Waals surface area contributed by atoms with Crippen LogP contribution in [0.15, 0.2) is 97.1 Å². The normalized spacial score (nSPS) is 21.8. The average Bonchev–Trinajstić information content (AvgIpc) is 3.66. The summed E-state index contributed by atoms with van der Waals surface area (Å²) in [5.74, 6) is 8.82.